The predicted molar refractivity (Wildman–Crippen MR) is 112 cm³/mol. The minimum atomic E-state index is -3.31. The van der Waals surface area contributed by atoms with Gasteiger partial charge in [-0.25, -0.2) is 22.2 Å². The van der Waals surface area contributed by atoms with Gasteiger partial charge in [0.15, 0.2) is 0 Å². The lowest BCUT2D eigenvalue weighted by molar-refractivity contribution is -0.117. The van der Waals surface area contributed by atoms with Crippen LogP contribution in [0.25, 0.3) is 0 Å². The molecule has 0 unspecified atom stereocenters. The standard InChI is InChI=1S/C19H27N5O5S/c1-4-29-16-9-7-15(8-10-16)20-17(25)13-24-19(26)22(2)18(21-24)14-6-5-11-23(12-14)30(3,27)28/h7-10,14H,4-6,11-13H2,1-3H3,(H,20,25)/t14-/m0/s1. The Balaban J connectivity index is 1.70. The molecule has 0 aliphatic carbocycles. The minimum absolute atomic E-state index is 0.193. The number of benzene rings is 1. The molecule has 0 spiro atoms. The van der Waals surface area contributed by atoms with Gasteiger partial charge < -0.3 is 10.1 Å². The summed E-state index contributed by atoms with van der Waals surface area (Å²) in [5.74, 6) is 0.618. The van der Waals surface area contributed by atoms with Crippen molar-refractivity contribution in [1.82, 2.24) is 18.7 Å². The van der Waals surface area contributed by atoms with Crippen LogP contribution in [0.2, 0.25) is 0 Å². The van der Waals surface area contributed by atoms with Crippen LogP contribution in [0.1, 0.15) is 31.5 Å². The first kappa shape index (κ1) is 22.0. The third-order valence-electron chi connectivity index (χ3n) is 5.04. The normalized spacial score (nSPS) is 17.6. The van der Waals surface area contributed by atoms with Crippen LogP contribution in [-0.4, -0.2) is 58.9 Å². The molecule has 11 heteroatoms. The van der Waals surface area contributed by atoms with Gasteiger partial charge in [0.05, 0.1) is 12.9 Å². The minimum Gasteiger partial charge on any atom is -0.494 e. The van der Waals surface area contributed by atoms with Crippen molar-refractivity contribution in [2.24, 2.45) is 7.05 Å². The van der Waals surface area contributed by atoms with Gasteiger partial charge in [-0.2, -0.15) is 5.10 Å². The first-order chi connectivity index (χ1) is 14.2. The van der Waals surface area contributed by atoms with Crippen molar-refractivity contribution in [2.45, 2.75) is 32.2 Å². The maximum atomic E-state index is 12.6. The molecule has 1 N–H and O–H groups in total. The molecule has 1 atom stereocenters. The number of ether oxygens (including phenoxy) is 1. The number of anilines is 1. The highest BCUT2D eigenvalue weighted by molar-refractivity contribution is 7.88. The number of hydrogen-bond donors (Lipinski definition) is 1. The van der Waals surface area contributed by atoms with E-state index in [0.29, 0.717) is 36.8 Å². The highest BCUT2D eigenvalue weighted by Crippen LogP contribution is 2.26. The van der Waals surface area contributed by atoms with E-state index in [0.717, 1.165) is 11.1 Å². The molecule has 1 aromatic carbocycles. The number of nitrogens with zero attached hydrogens (tertiary/aromatic N) is 4. The molecule has 3 rings (SSSR count). The Kier molecular flexibility index (Phi) is 6.61. The Hall–Kier alpha value is -2.66. The van der Waals surface area contributed by atoms with Gasteiger partial charge in [-0.05, 0) is 44.0 Å². The van der Waals surface area contributed by atoms with Crippen LogP contribution in [0.5, 0.6) is 5.75 Å². The van der Waals surface area contributed by atoms with E-state index < -0.39 is 15.7 Å². The van der Waals surface area contributed by atoms with E-state index in [2.05, 4.69) is 10.4 Å². The number of carbonyl (C=O) groups is 1. The van der Waals surface area contributed by atoms with Crippen molar-refractivity contribution in [3.63, 3.8) is 0 Å². The number of aromatic nitrogens is 3. The highest BCUT2D eigenvalue weighted by atomic mass is 32.2. The van der Waals surface area contributed by atoms with Gasteiger partial charge >= 0.3 is 5.69 Å². The largest absolute Gasteiger partial charge is 0.494 e. The molecular formula is C19H27N5O5S. The molecular weight excluding hydrogens is 410 g/mol. The third kappa shape index (κ3) is 5.08. The van der Waals surface area contributed by atoms with E-state index >= 15 is 0 Å². The zero-order chi connectivity index (χ0) is 21.9. The van der Waals surface area contributed by atoms with Crippen molar-refractivity contribution in [3.05, 3.63) is 40.6 Å². The van der Waals surface area contributed by atoms with E-state index in [-0.39, 0.29) is 24.9 Å². The Morgan fingerprint density at radius 1 is 1.30 bits per heavy atom. The number of amides is 1. The highest BCUT2D eigenvalue weighted by Gasteiger charge is 2.30. The maximum absolute atomic E-state index is 12.6. The van der Waals surface area contributed by atoms with Gasteiger partial charge in [0, 0.05) is 31.7 Å². The zero-order valence-corrected chi connectivity index (χ0v) is 18.2. The molecule has 1 saturated heterocycles. The number of rotatable bonds is 7. The molecule has 30 heavy (non-hydrogen) atoms. The molecule has 1 amide bonds. The van der Waals surface area contributed by atoms with Crippen molar-refractivity contribution in [2.75, 3.05) is 31.3 Å². The molecule has 2 heterocycles. The van der Waals surface area contributed by atoms with Gasteiger partial charge in [-0.1, -0.05) is 0 Å². The summed E-state index contributed by atoms with van der Waals surface area (Å²) in [5.41, 5.74) is 0.173. The summed E-state index contributed by atoms with van der Waals surface area (Å²) in [7, 11) is -1.72. The van der Waals surface area contributed by atoms with E-state index in [9.17, 15) is 18.0 Å². The van der Waals surface area contributed by atoms with E-state index in [4.69, 9.17) is 4.74 Å². The Labute approximate surface area is 175 Å². The molecule has 2 aromatic rings. The first-order valence-electron chi connectivity index (χ1n) is 9.80. The quantitative estimate of drug-likeness (QED) is 0.684. The molecule has 0 bridgehead atoms. The average Bonchev–Trinajstić information content (AvgIpc) is 2.97. The number of sulfonamides is 1. The molecule has 1 aliphatic heterocycles. The number of hydrogen-bond acceptors (Lipinski definition) is 6. The van der Waals surface area contributed by atoms with Crippen LogP contribution in [-0.2, 0) is 28.4 Å². The van der Waals surface area contributed by atoms with Crippen LogP contribution >= 0.6 is 0 Å². The Morgan fingerprint density at radius 2 is 2.00 bits per heavy atom. The van der Waals surface area contributed by atoms with Gasteiger partial charge in [0.2, 0.25) is 15.9 Å². The first-order valence-corrected chi connectivity index (χ1v) is 11.7. The summed E-state index contributed by atoms with van der Waals surface area (Å²) in [4.78, 5) is 24.9. The smallest absolute Gasteiger partial charge is 0.346 e. The van der Waals surface area contributed by atoms with E-state index in [1.807, 2.05) is 6.92 Å². The lowest BCUT2D eigenvalue weighted by Crippen LogP contribution is -2.39. The van der Waals surface area contributed by atoms with Crippen molar-refractivity contribution in [3.8, 4) is 5.75 Å². The van der Waals surface area contributed by atoms with Crippen LogP contribution in [0, 0.1) is 0 Å². The summed E-state index contributed by atoms with van der Waals surface area (Å²) < 4.78 is 33.0. The second-order valence-corrected chi connectivity index (χ2v) is 9.31. The second kappa shape index (κ2) is 9.00. The maximum Gasteiger partial charge on any atom is 0.346 e. The summed E-state index contributed by atoms with van der Waals surface area (Å²) in [6.45, 7) is 2.96. The second-order valence-electron chi connectivity index (χ2n) is 7.32. The number of nitrogens with one attached hydrogen (secondary N) is 1. The lowest BCUT2D eigenvalue weighted by atomic mass is 9.99. The predicted octanol–water partition coefficient (Wildman–Crippen LogP) is 0.758. The summed E-state index contributed by atoms with van der Waals surface area (Å²) in [6.07, 6.45) is 2.60. The van der Waals surface area contributed by atoms with Gasteiger partial charge in [-0.15, -0.1) is 0 Å². The van der Waals surface area contributed by atoms with Crippen LogP contribution in [0.4, 0.5) is 5.69 Å². The summed E-state index contributed by atoms with van der Waals surface area (Å²) >= 11 is 0. The lowest BCUT2D eigenvalue weighted by Gasteiger charge is -2.30. The Bertz CT molecular complexity index is 1060. The SMILES string of the molecule is CCOc1ccc(NC(=O)Cn2nc([C@H]3CCCN(S(C)(=O)=O)C3)n(C)c2=O)cc1. The number of carbonyl (C=O) groups excluding carboxylic acids is 1. The van der Waals surface area contributed by atoms with Gasteiger partial charge in [-0.3, -0.25) is 9.36 Å². The third-order valence-corrected chi connectivity index (χ3v) is 6.30. The molecule has 1 fully saturated rings. The molecule has 1 aliphatic rings. The van der Waals surface area contributed by atoms with Gasteiger partial charge in [0.1, 0.15) is 18.1 Å². The van der Waals surface area contributed by atoms with Gasteiger partial charge in [0.25, 0.3) is 0 Å². The Morgan fingerprint density at radius 3 is 2.63 bits per heavy atom. The van der Waals surface area contributed by atoms with Crippen molar-refractivity contribution in [1.29, 1.82) is 0 Å². The molecule has 0 saturated carbocycles. The summed E-state index contributed by atoms with van der Waals surface area (Å²) in [5, 5.41) is 7.07. The fourth-order valence-corrected chi connectivity index (χ4v) is 4.47. The van der Waals surface area contributed by atoms with E-state index in [1.165, 1.54) is 15.1 Å². The fourth-order valence-electron chi connectivity index (χ4n) is 3.56. The molecule has 0 radical (unpaired) electrons. The average molecular weight is 438 g/mol. The van der Waals surface area contributed by atoms with E-state index in [1.54, 1.807) is 31.3 Å². The van der Waals surface area contributed by atoms with Crippen molar-refractivity contribution < 1.29 is 17.9 Å². The number of piperidine rings is 1. The molecule has 164 valence electrons. The van der Waals surface area contributed by atoms with Crippen LogP contribution < -0.4 is 15.7 Å². The summed E-state index contributed by atoms with van der Waals surface area (Å²) in [6, 6.07) is 6.94. The topological polar surface area (TPSA) is 116 Å². The fraction of sp³-hybridized carbons (Fsp3) is 0.526. The molecule has 1 aromatic heterocycles. The monoisotopic (exact) mass is 437 g/mol. The van der Waals surface area contributed by atoms with Crippen LogP contribution in [0.3, 0.4) is 0 Å². The van der Waals surface area contributed by atoms with Crippen molar-refractivity contribution >= 4 is 21.6 Å². The van der Waals surface area contributed by atoms with Crippen LogP contribution in [0.15, 0.2) is 29.1 Å². The molecule has 10 nitrogen and oxygen atoms in total. The zero-order valence-electron chi connectivity index (χ0n) is 17.4.